The minimum absolute atomic E-state index is 0.926. The van der Waals surface area contributed by atoms with E-state index in [1.165, 1.54) is 10.9 Å². The summed E-state index contributed by atoms with van der Waals surface area (Å²) in [6, 6.07) is 10.6. The molecule has 1 nitrogen and oxygen atoms in total. The lowest BCUT2D eigenvalue weighted by Gasteiger charge is -2.01. The summed E-state index contributed by atoms with van der Waals surface area (Å²) in [6.45, 7) is 2.86. The molecule has 0 unspecified atom stereocenters. The van der Waals surface area contributed by atoms with Crippen molar-refractivity contribution in [3.63, 3.8) is 0 Å². The fourth-order valence-electron chi connectivity index (χ4n) is 1.64. The molecule has 0 saturated carbocycles. The molecule has 0 saturated heterocycles. The van der Waals surface area contributed by atoms with E-state index in [0.717, 1.165) is 13.0 Å². The minimum atomic E-state index is 0.926. The predicted molar refractivity (Wildman–Crippen MR) is 60.0 cm³/mol. The largest absolute Gasteiger partial charge is 0.347 e. The Bertz CT molecular complexity index is 482. The number of nitrogens with zero attached hydrogens (tertiary/aromatic N) is 1. The molecule has 1 aromatic heterocycles. The molecule has 0 bridgehead atoms. The highest BCUT2D eigenvalue weighted by Crippen LogP contribution is 2.14. The van der Waals surface area contributed by atoms with Gasteiger partial charge in [-0.15, -0.1) is 11.8 Å². The van der Waals surface area contributed by atoms with E-state index in [2.05, 4.69) is 52.9 Å². The van der Waals surface area contributed by atoms with E-state index in [1.54, 1.807) is 0 Å². The van der Waals surface area contributed by atoms with Gasteiger partial charge in [-0.1, -0.05) is 18.2 Å². The Balaban J connectivity index is 2.28. The molecule has 2 rings (SSSR count). The number of aromatic nitrogens is 1. The Morgan fingerprint density at radius 2 is 2.07 bits per heavy atom. The Hall–Kier alpha value is -1.68. The Morgan fingerprint density at radius 1 is 1.21 bits per heavy atom. The van der Waals surface area contributed by atoms with Crippen LogP contribution >= 0.6 is 0 Å². The Kier molecular flexibility index (Phi) is 2.55. The van der Waals surface area contributed by atoms with E-state index < -0.39 is 0 Å². The van der Waals surface area contributed by atoms with Crippen molar-refractivity contribution in [2.45, 2.75) is 19.9 Å². The highest BCUT2D eigenvalue weighted by Gasteiger charge is 1.97. The SMILES string of the molecule is CC#CCCn1ccc2ccccc21. The molecule has 0 aliphatic rings. The highest BCUT2D eigenvalue weighted by molar-refractivity contribution is 5.79. The summed E-state index contributed by atoms with van der Waals surface area (Å²) in [5.74, 6) is 6.00. The van der Waals surface area contributed by atoms with Gasteiger partial charge in [0.25, 0.3) is 0 Å². The van der Waals surface area contributed by atoms with Gasteiger partial charge in [-0.2, -0.15) is 0 Å². The minimum Gasteiger partial charge on any atom is -0.347 e. The zero-order valence-electron chi connectivity index (χ0n) is 8.33. The molecule has 1 aromatic carbocycles. The van der Waals surface area contributed by atoms with Crippen LogP contribution in [0.3, 0.4) is 0 Å². The number of para-hydroxylation sites is 1. The van der Waals surface area contributed by atoms with Gasteiger partial charge < -0.3 is 4.57 Å². The van der Waals surface area contributed by atoms with Crippen LogP contribution < -0.4 is 0 Å². The van der Waals surface area contributed by atoms with Gasteiger partial charge in [0.2, 0.25) is 0 Å². The fourth-order valence-corrected chi connectivity index (χ4v) is 1.64. The third-order valence-electron chi connectivity index (χ3n) is 2.33. The number of aryl methyl sites for hydroxylation is 1. The fraction of sp³-hybridized carbons (Fsp3) is 0.231. The van der Waals surface area contributed by atoms with E-state index in [4.69, 9.17) is 0 Å². The summed E-state index contributed by atoms with van der Waals surface area (Å²) >= 11 is 0. The van der Waals surface area contributed by atoms with Gasteiger partial charge in [-0.3, -0.25) is 0 Å². The second-order valence-electron chi connectivity index (χ2n) is 3.24. The molecule has 70 valence electrons. The first-order chi connectivity index (χ1) is 6.92. The number of benzene rings is 1. The third kappa shape index (κ3) is 1.65. The zero-order chi connectivity index (χ0) is 9.80. The van der Waals surface area contributed by atoms with Gasteiger partial charge >= 0.3 is 0 Å². The average molecular weight is 183 g/mol. The van der Waals surface area contributed by atoms with Gasteiger partial charge in [0.1, 0.15) is 0 Å². The molecule has 2 aromatic rings. The van der Waals surface area contributed by atoms with Crippen molar-refractivity contribution in [3.05, 3.63) is 36.5 Å². The van der Waals surface area contributed by atoms with Crippen LogP contribution in [0.4, 0.5) is 0 Å². The van der Waals surface area contributed by atoms with Gasteiger partial charge in [-0.25, -0.2) is 0 Å². The molecule has 0 spiro atoms. The van der Waals surface area contributed by atoms with E-state index in [-0.39, 0.29) is 0 Å². The second kappa shape index (κ2) is 4.02. The Morgan fingerprint density at radius 3 is 2.93 bits per heavy atom. The average Bonchev–Trinajstić information content (AvgIpc) is 2.63. The van der Waals surface area contributed by atoms with Crippen LogP contribution in [0.15, 0.2) is 36.5 Å². The molecule has 1 heteroatoms. The van der Waals surface area contributed by atoms with E-state index in [0.29, 0.717) is 0 Å². The molecule has 0 atom stereocenters. The van der Waals surface area contributed by atoms with Crippen LogP contribution in [0.5, 0.6) is 0 Å². The van der Waals surface area contributed by atoms with Gasteiger partial charge in [0.15, 0.2) is 0 Å². The van der Waals surface area contributed by atoms with Crippen LogP contribution in [0.2, 0.25) is 0 Å². The number of rotatable bonds is 2. The number of hydrogen-bond acceptors (Lipinski definition) is 0. The molecule has 0 aliphatic carbocycles. The number of fused-ring (bicyclic) bond motifs is 1. The second-order valence-corrected chi connectivity index (χ2v) is 3.24. The van der Waals surface area contributed by atoms with E-state index >= 15 is 0 Å². The molecule has 0 amide bonds. The van der Waals surface area contributed by atoms with Crippen molar-refractivity contribution < 1.29 is 0 Å². The summed E-state index contributed by atoms with van der Waals surface area (Å²) in [4.78, 5) is 0. The van der Waals surface area contributed by atoms with Gasteiger partial charge in [0, 0.05) is 24.7 Å². The summed E-state index contributed by atoms with van der Waals surface area (Å²) in [7, 11) is 0. The number of hydrogen-bond donors (Lipinski definition) is 0. The van der Waals surface area contributed by atoms with Crippen LogP contribution in [0, 0.1) is 11.8 Å². The monoisotopic (exact) mass is 183 g/mol. The lowest BCUT2D eigenvalue weighted by atomic mass is 10.2. The molecular formula is C13H13N. The van der Waals surface area contributed by atoms with Crippen LogP contribution in [-0.2, 0) is 6.54 Å². The first-order valence-electron chi connectivity index (χ1n) is 4.85. The van der Waals surface area contributed by atoms with Crippen molar-refractivity contribution in [1.29, 1.82) is 0 Å². The van der Waals surface area contributed by atoms with Crippen molar-refractivity contribution in [2.75, 3.05) is 0 Å². The van der Waals surface area contributed by atoms with Crippen molar-refractivity contribution in [1.82, 2.24) is 4.57 Å². The maximum absolute atomic E-state index is 3.08. The van der Waals surface area contributed by atoms with Crippen molar-refractivity contribution in [2.24, 2.45) is 0 Å². The summed E-state index contributed by atoms with van der Waals surface area (Å²) in [5.41, 5.74) is 1.30. The summed E-state index contributed by atoms with van der Waals surface area (Å²) in [6.07, 6.45) is 3.05. The van der Waals surface area contributed by atoms with Crippen molar-refractivity contribution in [3.8, 4) is 11.8 Å². The first kappa shape index (κ1) is 8.90. The molecule has 0 radical (unpaired) electrons. The first-order valence-corrected chi connectivity index (χ1v) is 4.85. The molecule has 1 heterocycles. The molecule has 0 N–H and O–H groups in total. The maximum Gasteiger partial charge on any atom is 0.0480 e. The Labute approximate surface area is 84.4 Å². The lowest BCUT2D eigenvalue weighted by molar-refractivity contribution is 0.749. The predicted octanol–water partition coefficient (Wildman–Crippen LogP) is 3.05. The quantitative estimate of drug-likeness (QED) is 0.631. The molecule has 0 fully saturated rings. The van der Waals surface area contributed by atoms with E-state index in [1.807, 2.05) is 6.92 Å². The normalized spacial score (nSPS) is 9.79. The van der Waals surface area contributed by atoms with Crippen molar-refractivity contribution >= 4 is 10.9 Å². The topological polar surface area (TPSA) is 4.93 Å². The smallest absolute Gasteiger partial charge is 0.0480 e. The molecule has 0 aliphatic heterocycles. The van der Waals surface area contributed by atoms with Crippen LogP contribution in [0.25, 0.3) is 10.9 Å². The van der Waals surface area contributed by atoms with E-state index in [9.17, 15) is 0 Å². The van der Waals surface area contributed by atoms with Gasteiger partial charge in [0.05, 0.1) is 0 Å². The maximum atomic E-state index is 3.08. The standard InChI is InChI=1S/C13H13N/c1-2-3-6-10-14-11-9-12-7-4-5-8-13(12)14/h4-5,7-9,11H,6,10H2,1H3. The van der Waals surface area contributed by atoms with Crippen LogP contribution in [0.1, 0.15) is 13.3 Å². The summed E-state index contributed by atoms with van der Waals surface area (Å²) < 4.78 is 2.25. The zero-order valence-corrected chi connectivity index (χ0v) is 8.33. The third-order valence-corrected chi connectivity index (χ3v) is 2.33. The summed E-state index contributed by atoms with van der Waals surface area (Å²) in [5, 5.41) is 1.30. The van der Waals surface area contributed by atoms with Crippen LogP contribution in [-0.4, -0.2) is 4.57 Å². The molecular weight excluding hydrogens is 170 g/mol. The lowest BCUT2D eigenvalue weighted by Crippen LogP contribution is -1.93. The highest BCUT2D eigenvalue weighted by atomic mass is 14.9. The molecule has 14 heavy (non-hydrogen) atoms. The van der Waals surface area contributed by atoms with Gasteiger partial charge in [-0.05, 0) is 24.4 Å².